The van der Waals surface area contributed by atoms with Crippen molar-refractivity contribution in [3.8, 4) is 11.6 Å². The van der Waals surface area contributed by atoms with E-state index in [-0.39, 0.29) is 17.5 Å². The zero-order valence-electron chi connectivity index (χ0n) is 6.98. The number of nitrogens with two attached hydrogens (primary N) is 1. The number of nitrogen functional groups attached to an aromatic ring is 1. The van der Waals surface area contributed by atoms with Gasteiger partial charge in [0.15, 0.2) is 0 Å². The molecule has 0 atom stereocenters. The minimum absolute atomic E-state index is 0.0503. The van der Waals surface area contributed by atoms with Gasteiger partial charge in [0.25, 0.3) is 0 Å². The van der Waals surface area contributed by atoms with E-state index in [2.05, 4.69) is 14.9 Å². The second-order valence-corrected chi connectivity index (χ2v) is 2.51. The molecule has 14 heavy (non-hydrogen) atoms. The molecule has 6 heteroatoms. The van der Waals surface area contributed by atoms with Gasteiger partial charge in [-0.1, -0.05) is 0 Å². The Morgan fingerprint density at radius 3 is 2.50 bits per heavy atom. The van der Waals surface area contributed by atoms with E-state index in [1.54, 1.807) is 0 Å². The number of halogens is 1. The molecule has 1 heterocycles. The van der Waals surface area contributed by atoms with Crippen LogP contribution in [0.1, 0.15) is 0 Å². The molecule has 0 amide bonds. The third kappa shape index (κ3) is 1.63. The first kappa shape index (κ1) is 8.49. The zero-order valence-corrected chi connectivity index (χ0v) is 6.98. The molecule has 0 unspecified atom stereocenters. The number of anilines is 1. The fourth-order valence-corrected chi connectivity index (χ4v) is 0.872. The van der Waals surface area contributed by atoms with Crippen LogP contribution >= 0.6 is 0 Å². The lowest BCUT2D eigenvalue weighted by Gasteiger charge is -1.99. The van der Waals surface area contributed by atoms with Crippen LogP contribution in [0.25, 0.3) is 0 Å². The van der Waals surface area contributed by atoms with Crippen LogP contribution in [0.2, 0.25) is 0 Å². The molecule has 2 N–H and O–H groups in total. The monoisotopic (exact) mass is 195 g/mol. The van der Waals surface area contributed by atoms with E-state index < -0.39 is 0 Å². The maximum absolute atomic E-state index is 12.5. The minimum Gasteiger partial charge on any atom is -0.434 e. The van der Waals surface area contributed by atoms with Crippen molar-refractivity contribution in [1.82, 2.24) is 10.3 Å². The van der Waals surface area contributed by atoms with Gasteiger partial charge in [-0.3, -0.25) is 0 Å². The Morgan fingerprint density at radius 1 is 1.21 bits per heavy atom. The van der Waals surface area contributed by atoms with Crippen molar-refractivity contribution in [2.45, 2.75) is 0 Å². The molecule has 0 saturated carbocycles. The SMILES string of the molecule is Nc1nonc1Oc1ccc(F)cc1. The fourth-order valence-electron chi connectivity index (χ4n) is 0.872. The molecule has 0 aliphatic heterocycles. The average molecular weight is 195 g/mol. The van der Waals surface area contributed by atoms with Crippen molar-refractivity contribution in [3.63, 3.8) is 0 Å². The molecule has 0 aliphatic rings. The summed E-state index contributed by atoms with van der Waals surface area (Å²) in [6.45, 7) is 0. The van der Waals surface area contributed by atoms with Gasteiger partial charge in [0.05, 0.1) is 0 Å². The van der Waals surface area contributed by atoms with Crippen LogP contribution in [0, 0.1) is 5.82 Å². The van der Waals surface area contributed by atoms with Gasteiger partial charge in [-0.2, -0.15) is 0 Å². The first-order chi connectivity index (χ1) is 6.75. The molecule has 0 aliphatic carbocycles. The molecule has 0 spiro atoms. The van der Waals surface area contributed by atoms with Crippen LogP contribution in [0.3, 0.4) is 0 Å². The van der Waals surface area contributed by atoms with Crippen molar-refractivity contribution in [2.75, 3.05) is 5.73 Å². The van der Waals surface area contributed by atoms with Crippen LogP contribution in [-0.4, -0.2) is 10.3 Å². The Morgan fingerprint density at radius 2 is 1.93 bits per heavy atom. The summed E-state index contributed by atoms with van der Waals surface area (Å²) in [5.41, 5.74) is 5.35. The smallest absolute Gasteiger partial charge is 0.305 e. The topological polar surface area (TPSA) is 74.2 Å². The third-order valence-electron chi connectivity index (χ3n) is 1.51. The number of ether oxygens (including phenoxy) is 1. The van der Waals surface area contributed by atoms with E-state index in [9.17, 15) is 4.39 Å². The summed E-state index contributed by atoms with van der Waals surface area (Å²) in [4.78, 5) is 0. The second-order valence-electron chi connectivity index (χ2n) is 2.51. The minimum atomic E-state index is -0.344. The highest BCUT2D eigenvalue weighted by molar-refractivity contribution is 5.40. The summed E-state index contributed by atoms with van der Waals surface area (Å²) >= 11 is 0. The molecule has 0 saturated heterocycles. The Labute approximate surface area is 78.2 Å². The van der Waals surface area contributed by atoms with Gasteiger partial charge >= 0.3 is 5.88 Å². The molecular formula is C8H6FN3O2. The van der Waals surface area contributed by atoms with E-state index in [0.29, 0.717) is 5.75 Å². The van der Waals surface area contributed by atoms with E-state index in [0.717, 1.165) is 0 Å². The van der Waals surface area contributed by atoms with Crippen molar-refractivity contribution in [2.24, 2.45) is 0 Å². The van der Waals surface area contributed by atoms with Crippen molar-refractivity contribution in [1.29, 1.82) is 0 Å². The third-order valence-corrected chi connectivity index (χ3v) is 1.51. The van der Waals surface area contributed by atoms with Crippen LogP contribution < -0.4 is 10.5 Å². The number of benzene rings is 1. The van der Waals surface area contributed by atoms with E-state index in [1.165, 1.54) is 24.3 Å². The van der Waals surface area contributed by atoms with Crippen molar-refractivity contribution < 1.29 is 13.8 Å². The first-order valence-corrected chi connectivity index (χ1v) is 3.77. The van der Waals surface area contributed by atoms with Crippen molar-refractivity contribution >= 4 is 5.82 Å². The van der Waals surface area contributed by atoms with Gasteiger partial charge in [0.1, 0.15) is 11.6 Å². The molecule has 5 nitrogen and oxygen atoms in total. The summed E-state index contributed by atoms with van der Waals surface area (Å²) < 4.78 is 22.0. The first-order valence-electron chi connectivity index (χ1n) is 3.77. The van der Waals surface area contributed by atoms with Gasteiger partial charge in [0, 0.05) is 0 Å². The quantitative estimate of drug-likeness (QED) is 0.787. The van der Waals surface area contributed by atoms with Gasteiger partial charge < -0.3 is 10.5 Å². The number of nitrogens with zero attached hydrogens (tertiary/aromatic N) is 2. The molecule has 2 rings (SSSR count). The molecule has 0 fully saturated rings. The van der Waals surface area contributed by atoms with Gasteiger partial charge in [-0.15, -0.1) is 0 Å². The standard InChI is InChI=1S/C8H6FN3O2/c9-5-1-3-6(4-2-5)13-8-7(10)11-14-12-8/h1-4H,(H2,10,11). The second kappa shape index (κ2) is 3.33. The highest BCUT2D eigenvalue weighted by atomic mass is 19.1. The van der Waals surface area contributed by atoms with Crippen LogP contribution in [0.5, 0.6) is 11.6 Å². The maximum atomic E-state index is 12.5. The van der Waals surface area contributed by atoms with Gasteiger partial charge in [0.2, 0.25) is 5.82 Å². The van der Waals surface area contributed by atoms with Crippen LogP contribution in [0.4, 0.5) is 10.2 Å². The van der Waals surface area contributed by atoms with Gasteiger partial charge in [-0.05, 0) is 34.6 Å². The predicted molar refractivity (Wildman–Crippen MR) is 45.2 cm³/mol. The number of rotatable bonds is 2. The van der Waals surface area contributed by atoms with Crippen molar-refractivity contribution in [3.05, 3.63) is 30.1 Å². The summed E-state index contributed by atoms with van der Waals surface area (Å²) in [6, 6.07) is 5.42. The Bertz CT molecular complexity index is 426. The lowest BCUT2D eigenvalue weighted by Crippen LogP contribution is -1.90. The molecule has 1 aromatic heterocycles. The summed E-state index contributed by atoms with van der Waals surface area (Å²) in [5, 5.41) is 6.73. The summed E-state index contributed by atoms with van der Waals surface area (Å²) in [6.07, 6.45) is 0. The normalized spacial score (nSPS) is 10.1. The highest BCUT2D eigenvalue weighted by Gasteiger charge is 2.07. The average Bonchev–Trinajstić information content (AvgIpc) is 2.56. The zero-order chi connectivity index (χ0) is 9.97. The maximum Gasteiger partial charge on any atom is 0.305 e. The predicted octanol–water partition coefficient (Wildman–Crippen LogP) is 1.58. The molecule has 2 aromatic rings. The number of aromatic nitrogens is 2. The lowest BCUT2D eigenvalue weighted by atomic mass is 10.3. The molecule has 0 bridgehead atoms. The van der Waals surface area contributed by atoms with Gasteiger partial charge in [-0.25, -0.2) is 9.02 Å². The highest BCUT2D eigenvalue weighted by Crippen LogP contribution is 2.23. The largest absolute Gasteiger partial charge is 0.434 e. The molecule has 72 valence electrons. The Kier molecular flexibility index (Phi) is 2.02. The van der Waals surface area contributed by atoms with Crippen LogP contribution in [0.15, 0.2) is 28.9 Å². The molecule has 0 radical (unpaired) electrons. The molecule has 1 aromatic carbocycles. The van der Waals surface area contributed by atoms with E-state index >= 15 is 0 Å². The van der Waals surface area contributed by atoms with E-state index in [4.69, 9.17) is 10.5 Å². The Hall–Kier alpha value is -2.11. The molecular weight excluding hydrogens is 189 g/mol. The van der Waals surface area contributed by atoms with E-state index in [1.807, 2.05) is 0 Å². The number of hydrogen-bond acceptors (Lipinski definition) is 5. The van der Waals surface area contributed by atoms with Crippen LogP contribution in [-0.2, 0) is 0 Å². The number of hydrogen-bond donors (Lipinski definition) is 1. The lowest BCUT2D eigenvalue weighted by molar-refractivity contribution is 0.290. The fraction of sp³-hybridized carbons (Fsp3) is 0. The summed E-state index contributed by atoms with van der Waals surface area (Å²) in [5.74, 6) is 0.184. The Balaban J connectivity index is 2.19. The summed E-state index contributed by atoms with van der Waals surface area (Å²) in [7, 11) is 0.